The van der Waals surface area contributed by atoms with E-state index in [1.165, 1.54) is 38.6 Å². The molecule has 0 aromatic heterocycles. The van der Waals surface area contributed by atoms with E-state index in [1.807, 2.05) is 0 Å². The number of likely N-dealkylation sites (N-methyl/N-ethyl adjacent to an activating group) is 1. The Bertz CT molecular complexity index is 220. The Labute approximate surface area is 99.4 Å². The van der Waals surface area contributed by atoms with Gasteiger partial charge < -0.3 is 10.0 Å². The second-order valence-corrected chi connectivity index (χ2v) is 5.67. The normalized spacial score (nSPS) is 37.9. The molecule has 1 N–H and O–H groups in total. The molecule has 1 heterocycles. The number of likely N-dealkylation sites (tertiary alicyclic amines) is 1. The molecule has 0 aromatic carbocycles. The van der Waals surface area contributed by atoms with Crippen LogP contribution in [0.15, 0.2) is 0 Å². The highest BCUT2D eigenvalue weighted by atomic mass is 16.3. The number of piperidine rings is 1. The summed E-state index contributed by atoms with van der Waals surface area (Å²) in [4.78, 5) is 4.87. The highest BCUT2D eigenvalue weighted by molar-refractivity contribution is 4.88. The average molecular weight is 226 g/mol. The third-order valence-electron chi connectivity index (χ3n) is 4.32. The molecule has 3 nitrogen and oxygen atoms in total. The average Bonchev–Trinajstić information content (AvgIpc) is 2.30. The number of hydrogen-bond donors (Lipinski definition) is 1. The molecular weight excluding hydrogens is 200 g/mol. The lowest BCUT2D eigenvalue weighted by Crippen LogP contribution is -2.53. The fraction of sp³-hybridized carbons (Fsp3) is 1.00. The quantitative estimate of drug-likeness (QED) is 0.769. The van der Waals surface area contributed by atoms with E-state index in [2.05, 4.69) is 23.9 Å². The molecule has 0 amide bonds. The maximum atomic E-state index is 10.1. The first-order valence-electron chi connectivity index (χ1n) is 6.77. The first-order valence-corrected chi connectivity index (χ1v) is 6.77. The van der Waals surface area contributed by atoms with Crippen LogP contribution in [-0.4, -0.2) is 60.3 Å². The Hall–Kier alpha value is -0.120. The lowest BCUT2D eigenvalue weighted by atomic mass is 9.89. The summed E-state index contributed by atoms with van der Waals surface area (Å²) in [7, 11) is 4.34. The standard InChI is InChI=1S/C13H26N2O/c1-14(2)11-6-5-9-15(10-11)12-7-3-4-8-13(12)16/h11-13,16H,3-10H2,1-2H3. The van der Waals surface area contributed by atoms with Crippen LogP contribution in [0.1, 0.15) is 38.5 Å². The van der Waals surface area contributed by atoms with Crippen LogP contribution in [0.2, 0.25) is 0 Å². The summed E-state index contributed by atoms with van der Waals surface area (Å²) in [5, 5.41) is 10.1. The maximum Gasteiger partial charge on any atom is 0.0695 e. The minimum Gasteiger partial charge on any atom is -0.391 e. The highest BCUT2D eigenvalue weighted by Gasteiger charge is 2.32. The van der Waals surface area contributed by atoms with Crippen molar-refractivity contribution in [1.29, 1.82) is 0 Å². The summed E-state index contributed by atoms with van der Waals surface area (Å²) in [5.41, 5.74) is 0. The summed E-state index contributed by atoms with van der Waals surface area (Å²) in [5.74, 6) is 0. The first-order chi connectivity index (χ1) is 7.68. The molecule has 0 bridgehead atoms. The van der Waals surface area contributed by atoms with Crippen LogP contribution in [0.4, 0.5) is 0 Å². The van der Waals surface area contributed by atoms with E-state index in [9.17, 15) is 5.11 Å². The molecule has 94 valence electrons. The smallest absolute Gasteiger partial charge is 0.0695 e. The molecule has 3 unspecified atom stereocenters. The molecule has 1 aliphatic heterocycles. The van der Waals surface area contributed by atoms with Gasteiger partial charge in [-0.05, 0) is 46.3 Å². The van der Waals surface area contributed by atoms with Gasteiger partial charge in [0.05, 0.1) is 6.10 Å². The molecule has 0 spiro atoms. The SMILES string of the molecule is CN(C)C1CCCN(C2CCCCC2O)C1. The van der Waals surface area contributed by atoms with Crippen LogP contribution in [0.5, 0.6) is 0 Å². The minimum atomic E-state index is -0.0744. The van der Waals surface area contributed by atoms with Gasteiger partial charge in [0.1, 0.15) is 0 Å². The van der Waals surface area contributed by atoms with Gasteiger partial charge in [-0.1, -0.05) is 12.8 Å². The van der Waals surface area contributed by atoms with Crippen molar-refractivity contribution in [3.8, 4) is 0 Å². The predicted octanol–water partition coefficient (Wildman–Crippen LogP) is 1.32. The summed E-state index contributed by atoms with van der Waals surface area (Å²) in [6.45, 7) is 2.33. The minimum absolute atomic E-state index is 0.0744. The number of aliphatic hydroxyl groups excluding tert-OH is 1. The van der Waals surface area contributed by atoms with Gasteiger partial charge in [-0.3, -0.25) is 4.90 Å². The lowest BCUT2D eigenvalue weighted by molar-refractivity contribution is -0.00445. The van der Waals surface area contributed by atoms with E-state index in [1.54, 1.807) is 0 Å². The first kappa shape index (κ1) is 12.3. The number of nitrogens with zero attached hydrogens (tertiary/aromatic N) is 2. The van der Waals surface area contributed by atoms with E-state index in [4.69, 9.17) is 0 Å². The lowest BCUT2D eigenvalue weighted by Gasteiger charge is -2.43. The predicted molar refractivity (Wildman–Crippen MR) is 66.5 cm³/mol. The van der Waals surface area contributed by atoms with E-state index < -0.39 is 0 Å². The van der Waals surface area contributed by atoms with Gasteiger partial charge in [-0.15, -0.1) is 0 Å². The molecule has 3 atom stereocenters. The zero-order valence-corrected chi connectivity index (χ0v) is 10.7. The topological polar surface area (TPSA) is 26.7 Å². The van der Waals surface area contributed by atoms with Gasteiger partial charge in [-0.25, -0.2) is 0 Å². The molecule has 0 aromatic rings. The summed E-state index contributed by atoms with van der Waals surface area (Å²) in [6, 6.07) is 1.12. The van der Waals surface area contributed by atoms with Gasteiger partial charge in [0, 0.05) is 18.6 Å². The van der Waals surface area contributed by atoms with Gasteiger partial charge >= 0.3 is 0 Å². The zero-order valence-electron chi connectivity index (χ0n) is 10.7. The second-order valence-electron chi connectivity index (χ2n) is 5.67. The Kier molecular flexibility index (Phi) is 4.22. The molecule has 1 saturated heterocycles. The highest BCUT2D eigenvalue weighted by Crippen LogP contribution is 2.26. The second kappa shape index (κ2) is 5.48. The van der Waals surface area contributed by atoms with Crippen LogP contribution in [0, 0.1) is 0 Å². The molecule has 0 radical (unpaired) electrons. The van der Waals surface area contributed by atoms with E-state index >= 15 is 0 Å². The Morgan fingerprint density at radius 2 is 1.81 bits per heavy atom. The maximum absolute atomic E-state index is 10.1. The molecule has 3 heteroatoms. The zero-order chi connectivity index (χ0) is 11.5. The van der Waals surface area contributed by atoms with Crippen molar-refractivity contribution >= 4 is 0 Å². The van der Waals surface area contributed by atoms with Crippen LogP contribution in [0.25, 0.3) is 0 Å². The molecule has 2 fully saturated rings. The fourth-order valence-electron chi connectivity index (χ4n) is 3.22. The summed E-state index contributed by atoms with van der Waals surface area (Å²) < 4.78 is 0. The molecule has 16 heavy (non-hydrogen) atoms. The third kappa shape index (κ3) is 2.76. The summed E-state index contributed by atoms with van der Waals surface area (Å²) in [6.07, 6.45) is 7.23. The Balaban J connectivity index is 1.92. The van der Waals surface area contributed by atoms with Crippen molar-refractivity contribution in [1.82, 2.24) is 9.80 Å². The number of rotatable bonds is 2. The number of hydrogen-bond acceptors (Lipinski definition) is 3. The molecule has 2 aliphatic rings. The van der Waals surface area contributed by atoms with Crippen molar-refractivity contribution in [3.63, 3.8) is 0 Å². The van der Waals surface area contributed by atoms with Gasteiger partial charge in [0.25, 0.3) is 0 Å². The van der Waals surface area contributed by atoms with Crippen molar-refractivity contribution in [2.75, 3.05) is 27.2 Å². The van der Waals surface area contributed by atoms with Gasteiger partial charge in [0.15, 0.2) is 0 Å². The fourth-order valence-corrected chi connectivity index (χ4v) is 3.22. The van der Waals surface area contributed by atoms with E-state index in [0.717, 1.165) is 13.0 Å². The Morgan fingerprint density at radius 1 is 1.06 bits per heavy atom. The number of aliphatic hydroxyl groups is 1. The van der Waals surface area contributed by atoms with Crippen molar-refractivity contribution in [2.45, 2.75) is 56.7 Å². The van der Waals surface area contributed by atoms with Crippen LogP contribution < -0.4 is 0 Å². The van der Waals surface area contributed by atoms with Crippen molar-refractivity contribution in [2.24, 2.45) is 0 Å². The molecule has 2 rings (SSSR count). The van der Waals surface area contributed by atoms with E-state index in [0.29, 0.717) is 12.1 Å². The molecule has 1 saturated carbocycles. The van der Waals surface area contributed by atoms with Crippen molar-refractivity contribution in [3.05, 3.63) is 0 Å². The van der Waals surface area contributed by atoms with Crippen LogP contribution >= 0.6 is 0 Å². The molecular formula is C13H26N2O. The summed E-state index contributed by atoms with van der Waals surface area (Å²) >= 11 is 0. The largest absolute Gasteiger partial charge is 0.391 e. The van der Waals surface area contributed by atoms with Crippen LogP contribution in [-0.2, 0) is 0 Å². The van der Waals surface area contributed by atoms with Gasteiger partial charge in [-0.2, -0.15) is 0 Å². The van der Waals surface area contributed by atoms with E-state index in [-0.39, 0.29) is 6.10 Å². The van der Waals surface area contributed by atoms with Gasteiger partial charge in [0.2, 0.25) is 0 Å². The van der Waals surface area contributed by atoms with Crippen molar-refractivity contribution < 1.29 is 5.11 Å². The monoisotopic (exact) mass is 226 g/mol. The van der Waals surface area contributed by atoms with Crippen LogP contribution in [0.3, 0.4) is 0 Å². The third-order valence-corrected chi connectivity index (χ3v) is 4.32. The Morgan fingerprint density at radius 3 is 2.50 bits per heavy atom. The molecule has 1 aliphatic carbocycles.